The molecule has 0 aromatic carbocycles. The molecule has 1 rings (SSSR count). The second-order valence-electron chi connectivity index (χ2n) is 5.41. The first-order chi connectivity index (χ1) is 9.70. The molecule has 1 aromatic rings. The summed E-state index contributed by atoms with van der Waals surface area (Å²) in [7, 11) is -3.70. The van der Waals surface area contributed by atoms with Crippen LogP contribution in [-0.4, -0.2) is 53.0 Å². The highest BCUT2D eigenvalue weighted by Gasteiger charge is 2.28. The Morgan fingerprint density at radius 2 is 1.86 bits per heavy atom. The topological polar surface area (TPSA) is 95.4 Å². The Morgan fingerprint density at radius 3 is 2.29 bits per heavy atom. The predicted molar refractivity (Wildman–Crippen MR) is 81.5 cm³/mol. The predicted octanol–water partition coefficient (Wildman–Crippen LogP) is 1.08. The maximum Gasteiger partial charge on any atom is 0.246 e. The van der Waals surface area contributed by atoms with Gasteiger partial charge in [0.1, 0.15) is 4.90 Å². The number of sulfonamides is 1. The maximum absolute atomic E-state index is 12.5. The van der Waals surface area contributed by atoms with E-state index in [-0.39, 0.29) is 18.0 Å². The second-order valence-corrected chi connectivity index (χ2v) is 7.35. The van der Waals surface area contributed by atoms with Crippen LogP contribution in [0.25, 0.3) is 0 Å². The molecule has 0 atom stereocenters. The molecule has 0 bridgehead atoms. The number of nitrogens with zero attached hydrogens (tertiary/aromatic N) is 3. The SMILES string of the molecule is CCCNc1ncc(S(=O)(=O)N(CC)CC(C)(C)O)cn1. The first kappa shape index (κ1) is 17.8. The molecule has 0 radical (unpaired) electrons. The molecule has 0 aliphatic rings. The highest BCUT2D eigenvalue weighted by atomic mass is 32.2. The van der Waals surface area contributed by atoms with Crippen molar-refractivity contribution in [2.45, 2.75) is 44.6 Å². The van der Waals surface area contributed by atoms with Gasteiger partial charge in [0.2, 0.25) is 16.0 Å². The average molecular weight is 316 g/mol. The lowest BCUT2D eigenvalue weighted by Crippen LogP contribution is -2.42. The molecule has 120 valence electrons. The quantitative estimate of drug-likeness (QED) is 0.745. The Bertz CT molecular complexity index is 538. The van der Waals surface area contributed by atoms with Gasteiger partial charge in [-0.15, -0.1) is 0 Å². The third kappa shape index (κ3) is 5.22. The summed E-state index contributed by atoms with van der Waals surface area (Å²) in [5.74, 6) is 0.404. The van der Waals surface area contributed by atoms with Gasteiger partial charge in [0.25, 0.3) is 0 Å². The Morgan fingerprint density at radius 1 is 1.29 bits per heavy atom. The van der Waals surface area contributed by atoms with Crippen molar-refractivity contribution in [2.24, 2.45) is 0 Å². The third-order valence-corrected chi connectivity index (χ3v) is 4.59. The summed E-state index contributed by atoms with van der Waals surface area (Å²) in [5.41, 5.74) is -1.10. The highest BCUT2D eigenvalue weighted by Crippen LogP contribution is 2.17. The molecule has 0 fully saturated rings. The summed E-state index contributed by atoms with van der Waals surface area (Å²) >= 11 is 0. The summed E-state index contributed by atoms with van der Waals surface area (Å²) in [4.78, 5) is 8.03. The van der Waals surface area contributed by atoms with Gasteiger partial charge < -0.3 is 10.4 Å². The zero-order valence-electron chi connectivity index (χ0n) is 13.0. The Labute approximate surface area is 126 Å². The number of likely N-dealkylation sites (N-methyl/N-ethyl adjacent to an activating group) is 1. The zero-order valence-corrected chi connectivity index (χ0v) is 13.8. The molecule has 0 amide bonds. The fraction of sp³-hybridized carbons (Fsp3) is 0.692. The minimum atomic E-state index is -3.70. The fourth-order valence-electron chi connectivity index (χ4n) is 1.72. The van der Waals surface area contributed by atoms with E-state index in [1.807, 2.05) is 6.92 Å². The zero-order chi connectivity index (χ0) is 16.1. The first-order valence-electron chi connectivity index (χ1n) is 6.99. The molecule has 1 aromatic heterocycles. The van der Waals surface area contributed by atoms with Crippen LogP contribution in [0.5, 0.6) is 0 Å². The number of rotatable bonds is 8. The second kappa shape index (κ2) is 7.15. The minimum Gasteiger partial charge on any atom is -0.389 e. The van der Waals surface area contributed by atoms with E-state index in [4.69, 9.17) is 0 Å². The molecule has 0 saturated carbocycles. The van der Waals surface area contributed by atoms with Gasteiger partial charge in [-0.3, -0.25) is 0 Å². The molecule has 0 saturated heterocycles. The Kier molecular flexibility index (Phi) is 6.06. The van der Waals surface area contributed by atoms with Crippen molar-refractivity contribution < 1.29 is 13.5 Å². The molecule has 8 heteroatoms. The number of hydrogen-bond acceptors (Lipinski definition) is 6. The van der Waals surface area contributed by atoms with Gasteiger partial charge in [-0.2, -0.15) is 4.31 Å². The molecule has 1 heterocycles. The smallest absolute Gasteiger partial charge is 0.246 e. The van der Waals surface area contributed by atoms with Crippen LogP contribution in [0.4, 0.5) is 5.95 Å². The molecule has 0 aliphatic carbocycles. The number of aliphatic hydroxyl groups is 1. The summed E-state index contributed by atoms with van der Waals surface area (Å²) < 4.78 is 26.2. The van der Waals surface area contributed by atoms with E-state index in [1.165, 1.54) is 16.7 Å². The molecule has 0 unspecified atom stereocenters. The standard InChI is InChI=1S/C13H24N4O3S/c1-5-7-14-12-15-8-11(9-16-12)21(19,20)17(6-2)10-13(3,4)18/h8-9,18H,5-7,10H2,1-4H3,(H,14,15,16). The van der Waals surface area contributed by atoms with E-state index in [0.29, 0.717) is 5.95 Å². The lowest BCUT2D eigenvalue weighted by molar-refractivity contribution is 0.0601. The molecule has 0 aliphatic heterocycles. The van der Waals surface area contributed by atoms with Crippen molar-refractivity contribution in [2.75, 3.05) is 25.0 Å². The van der Waals surface area contributed by atoms with Crippen molar-refractivity contribution >= 4 is 16.0 Å². The lowest BCUT2D eigenvalue weighted by Gasteiger charge is -2.27. The van der Waals surface area contributed by atoms with Crippen LogP contribution < -0.4 is 5.32 Å². The van der Waals surface area contributed by atoms with Gasteiger partial charge in [0.05, 0.1) is 18.0 Å². The van der Waals surface area contributed by atoms with Crippen LogP contribution in [0.15, 0.2) is 17.3 Å². The van der Waals surface area contributed by atoms with E-state index in [0.717, 1.165) is 13.0 Å². The monoisotopic (exact) mass is 316 g/mol. The Balaban J connectivity index is 2.95. The van der Waals surface area contributed by atoms with Crippen LogP contribution in [0.3, 0.4) is 0 Å². The third-order valence-electron chi connectivity index (χ3n) is 2.72. The lowest BCUT2D eigenvalue weighted by atomic mass is 10.1. The van der Waals surface area contributed by atoms with Crippen LogP contribution in [-0.2, 0) is 10.0 Å². The van der Waals surface area contributed by atoms with Crippen LogP contribution in [0, 0.1) is 0 Å². The normalized spacial score (nSPS) is 12.7. The minimum absolute atomic E-state index is 0.0155. The van der Waals surface area contributed by atoms with E-state index in [9.17, 15) is 13.5 Å². The summed E-state index contributed by atoms with van der Waals surface area (Å²) in [6, 6.07) is 0. The highest BCUT2D eigenvalue weighted by molar-refractivity contribution is 7.89. The van der Waals surface area contributed by atoms with Gasteiger partial charge in [0, 0.05) is 19.6 Å². The molecule has 2 N–H and O–H groups in total. The maximum atomic E-state index is 12.5. The van der Waals surface area contributed by atoms with Crippen molar-refractivity contribution in [3.05, 3.63) is 12.4 Å². The van der Waals surface area contributed by atoms with Gasteiger partial charge in [-0.25, -0.2) is 18.4 Å². The molecule has 21 heavy (non-hydrogen) atoms. The summed E-state index contributed by atoms with van der Waals surface area (Å²) in [6.45, 7) is 7.89. The van der Waals surface area contributed by atoms with Gasteiger partial charge in [0.15, 0.2) is 0 Å². The number of nitrogens with one attached hydrogen (secondary N) is 1. The molecular weight excluding hydrogens is 292 g/mol. The number of aromatic nitrogens is 2. The number of hydrogen-bond donors (Lipinski definition) is 2. The van der Waals surface area contributed by atoms with E-state index in [1.54, 1.807) is 20.8 Å². The number of anilines is 1. The Hall–Kier alpha value is -1.25. The van der Waals surface area contributed by atoms with Crippen LogP contribution in [0.2, 0.25) is 0 Å². The largest absolute Gasteiger partial charge is 0.389 e. The van der Waals surface area contributed by atoms with Crippen molar-refractivity contribution in [3.63, 3.8) is 0 Å². The van der Waals surface area contributed by atoms with E-state index >= 15 is 0 Å². The van der Waals surface area contributed by atoms with Crippen molar-refractivity contribution in [1.29, 1.82) is 0 Å². The average Bonchev–Trinajstić information content (AvgIpc) is 2.41. The van der Waals surface area contributed by atoms with Crippen molar-refractivity contribution in [3.8, 4) is 0 Å². The van der Waals surface area contributed by atoms with Crippen LogP contribution >= 0.6 is 0 Å². The molecule has 0 spiro atoms. The van der Waals surface area contributed by atoms with Gasteiger partial charge in [-0.1, -0.05) is 13.8 Å². The van der Waals surface area contributed by atoms with Gasteiger partial charge in [-0.05, 0) is 20.3 Å². The van der Waals surface area contributed by atoms with Crippen molar-refractivity contribution in [1.82, 2.24) is 14.3 Å². The molecule has 7 nitrogen and oxygen atoms in total. The van der Waals surface area contributed by atoms with Gasteiger partial charge >= 0.3 is 0 Å². The summed E-state index contributed by atoms with van der Waals surface area (Å²) in [6.07, 6.45) is 3.50. The summed E-state index contributed by atoms with van der Waals surface area (Å²) in [5, 5.41) is 12.8. The fourth-order valence-corrected chi connectivity index (χ4v) is 3.22. The van der Waals surface area contributed by atoms with Crippen LogP contribution in [0.1, 0.15) is 34.1 Å². The molecular formula is C13H24N4O3S. The van der Waals surface area contributed by atoms with E-state index in [2.05, 4.69) is 15.3 Å². The van der Waals surface area contributed by atoms with E-state index < -0.39 is 15.6 Å². The first-order valence-corrected chi connectivity index (χ1v) is 8.43.